The molecule has 1 aromatic heterocycles. The van der Waals surface area contributed by atoms with Crippen LogP contribution in [-0.4, -0.2) is 23.2 Å². The summed E-state index contributed by atoms with van der Waals surface area (Å²) in [7, 11) is 0. The minimum absolute atomic E-state index is 0.0739. The molecule has 27 heavy (non-hydrogen) atoms. The molecular formula is C22H21FN2O2. The Labute approximate surface area is 158 Å². The molecule has 0 unspecified atom stereocenters. The Morgan fingerprint density at radius 1 is 1.07 bits per heavy atom. The molecular weight excluding hydrogens is 343 g/mol. The van der Waals surface area contributed by atoms with Gasteiger partial charge in [-0.25, -0.2) is 9.37 Å². The summed E-state index contributed by atoms with van der Waals surface area (Å²) in [5.41, 5.74) is 5.09. The van der Waals surface area contributed by atoms with Crippen LogP contribution in [0.4, 0.5) is 4.39 Å². The van der Waals surface area contributed by atoms with Crippen molar-refractivity contribution in [1.29, 1.82) is 0 Å². The Morgan fingerprint density at radius 2 is 1.89 bits per heavy atom. The molecule has 4 nitrogen and oxygen atoms in total. The van der Waals surface area contributed by atoms with Gasteiger partial charge in [0.1, 0.15) is 19.9 Å². The van der Waals surface area contributed by atoms with Gasteiger partial charge < -0.3 is 9.47 Å². The summed E-state index contributed by atoms with van der Waals surface area (Å²) < 4.78 is 23.4. The molecule has 0 N–H and O–H groups in total. The van der Waals surface area contributed by atoms with E-state index in [0.717, 1.165) is 22.3 Å². The van der Waals surface area contributed by atoms with E-state index >= 15 is 0 Å². The lowest BCUT2D eigenvalue weighted by Crippen LogP contribution is -2.06. The van der Waals surface area contributed by atoms with Gasteiger partial charge in [-0.05, 0) is 29.2 Å². The van der Waals surface area contributed by atoms with E-state index in [1.54, 1.807) is 12.3 Å². The summed E-state index contributed by atoms with van der Waals surface area (Å²) in [5, 5.41) is 0. The van der Waals surface area contributed by atoms with E-state index in [1.807, 2.05) is 30.3 Å². The van der Waals surface area contributed by atoms with Gasteiger partial charge in [0.05, 0.1) is 5.56 Å². The fourth-order valence-electron chi connectivity index (χ4n) is 2.73. The molecule has 0 atom stereocenters. The molecule has 0 bridgehead atoms. The van der Waals surface area contributed by atoms with Gasteiger partial charge in [0, 0.05) is 6.20 Å². The monoisotopic (exact) mass is 364 g/mol. The first kappa shape index (κ1) is 18.6. The van der Waals surface area contributed by atoms with Gasteiger partial charge in [-0.1, -0.05) is 61.2 Å². The minimum atomic E-state index is -0.595. The molecule has 0 aliphatic carbocycles. The smallest absolute Gasteiger partial charge is 0.320 e. The van der Waals surface area contributed by atoms with Crippen molar-refractivity contribution in [3.8, 4) is 23.0 Å². The van der Waals surface area contributed by atoms with Crippen molar-refractivity contribution in [2.45, 2.75) is 13.5 Å². The number of ether oxygens (including phenoxy) is 2. The third kappa shape index (κ3) is 4.50. The Morgan fingerprint density at radius 3 is 2.63 bits per heavy atom. The van der Waals surface area contributed by atoms with Gasteiger partial charge in [-0.15, -0.1) is 0 Å². The van der Waals surface area contributed by atoms with Gasteiger partial charge in [0.25, 0.3) is 0 Å². The van der Waals surface area contributed by atoms with E-state index < -0.39 is 6.67 Å². The van der Waals surface area contributed by atoms with Crippen LogP contribution in [0.2, 0.25) is 0 Å². The van der Waals surface area contributed by atoms with Gasteiger partial charge in [-0.3, -0.25) is 0 Å². The Bertz CT molecular complexity index is 913. The minimum Gasteiger partial charge on any atom is -0.474 e. The molecule has 0 radical (unpaired) electrons. The SMILES string of the molecule is C=Cc1cnc(OCc2cccc(-c3ccccc3)c2C)nc1OCCF. The van der Waals surface area contributed by atoms with Crippen LogP contribution < -0.4 is 9.47 Å². The quantitative estimate of drug-likeness (QED) is 0.563. The van der Waals surface area contributed by atoms with Crippen LogP contribution >= 0.6 is 0 Å². The largest absolute Gasteiger partial charge is 0.474 e. The van der Waals surface area contributed by atoms with E-state index in [2.05, 4.69) is 41.7 Å². The number of benzene rings is 2. The maximum Gasteiger partial charge on any atom is 0.320 e. The first-order valence-electron chi connectivity index (χ1n) is 8.68. The molecule has 2 aromatic carbocycles. The number of nitrogens with zero attached hydrogens (tertiary/aromatic N) is 2. The maximum absolute atomic E-state index is 12.4. The summed E-state index contributed by atoms with van der Waals surface area (Å²) in [6.07, 6.45) is 3.11. The third-order valence-corrected chi connectivity index (χ3v) is 4.18. The topological polar surface area (TPSA) is 44.2 Å². The van der Waals surface area contributed by atoms with Crippen LogP contribution in [0.25, 0.3) is 17.2 Å². The highest BCUT2D eigenvalue weighted by Gasteiger charge is 2.10. The van der Waals surface area contributed by atoms with Crippen molar-refractivity contribution in [2.24, 2.45) is 0 Å². The van der Waals surface area contributed by atoms with Crippen molar-refractivity contribution in [3.63, 3.8) is 0 Å². The summed E-state index contributed by atoms with van der Waals surface area (Å²) in [5.74, 6) is 0.266. The normalized spacial score (nSPS) is 10.4. The molecule has 0 saturated carbocycles. The van der Waals surface area contributed by atoms with Crippen molar-refractivity contribution in [1.82, 2.24) is 9.97 Å². The fraction of sp³-hybridized carbons (Fsp3) is 0.182. The third-order valence-electron chi connectivity index (χ3n) is 4.18. The van der Waals surface area contributed by atoms with E-state index in [-0.39, 0.29) is 18.5 Å². The zero-order valence-corrected chi connectivity index (χ0v) is 15.2. The number of aromatic nitrogens is 2. The standard InChI is InChI=1S/C22H21FN2O2/c1-3-17-14-24-22(25-21(17)26-13-12-23)27-15-19-10-7-11-20(16(19)2)18-8-5-4-6-9-18/h3-11,14H,1,12-13,15H2,2H3. The highest BCUT2D eigenvalue weighted by molar-refractivity contribution is 5.68. The molecule has 3 rings (SSSR count). The van der Waals surface area contributed by atoms with E-state index in [9.17, 15) is 4.39 Å². The van der Waals surface area contributed by atoms with Crippen LogP contribution in [0.3, 0.4) is 0 Å². The fourth-order valence-corrected chi connectivity index (χ4v) is 2.73. The molecule has 0 saturated heterocycles. The number of hydrogen-bond acceptors (Lipinski definition) is 4. The van der Waals surface area contributed by atoms with Crippen LogP contribution in [0, 0.1) is 6.92 Å². The molecule has 0 aliphatic heterocycles. The van der Waals surface area contributed by atoms with Crippen molar-refractivity contribution < 1.29 is 13.9 Å². The summed E-state index contributed by atoms with van der Waals surface area (Å²) >= 11 is 0. The number of hydrogen-bond donors (Lipinski definition) is 0. The maximum atomic E-state index is 12.4. The second kappa shape index (κ2) is 8.94. The van der Waals surface area contributed by atoms with Crippen LogP contribution in [0.1, 0.15) is 16.7 Å². The van der Waals surface area contributed by atoms with Crippen LogP contribution in [-0.2, 0) is 6.61 Å². The van der Waals surface area contributed by atoms with E-state index in [4.69, 9.17) is 9.47 Å². The lowest BCUT2D eigenvalue weighted by atomic mass is 9.97. The average Bonchev–Trinajstić information content (AvgIpc) is 2.72. The molecule has 5 heteroatoms. The zero-order valence-electron chi connectivity index (χ0n) is 15.2. The molecule has 0 fully saturated rings. The van der Waals surface area contributed by atoms with Gasteiger partial charge in [0.15, 0.2) is 0 Å². The molecule has 3 aromatic rings. The second-order valence-electron chi connectivity index (χ2n) is 5.90. The summed E-state index contributed by atoms with van der Waals surface area (Å²) in [6.45, 7) is 5.40. The second-order valence-corrected chi connectivity index (χ2v) is 5.90. The molecule has 0 spiro atoms. The van der Waals surface area contributed by atoms with Crippen LogP contribution in [0.15, 0.2) is 61.3 Å². The summed E-state index contributed by atoms with van der Waals surface area (Å²) in [4.78, 5) is 8.38. The van der Waals surface area contributed by atoms with Crippen molar-refractivity contribution in [2.75, 3.05) is 13.3 Å². The zero-order chi connectivity index (χ0) is 19.1. The predicted octanol–water partition coefficient (Wildman–Crippen LogP) is 5.02. The lowest BCUT2D eigenvalue weighted by molar-refractivity contribution is 0.246. The molecule has 0 aliphatic rings. The lowest BCUT2D eigenvalue weighted by Gasteiger charge is -2.13. The van der Waals surface area contributed by atoms with Gasteiger partial charge in [-0.2, -0.15) is 4.98 Å². The molecule has 1 heterocycles. The molecule has 138 valence electrons. The van der Waals surface area contributed by atoms with E-state index in [1.165, 1.54) is 0 Å². The Kier molecular flexibility index (Phi) is 6.15. The van der Waals surface area contributed by atoms with Gasteiger partial charge >= 0.3 is 6.01 Å². The van der Waals surface area contributed by atoms with Crippen molar-refractivity contribution >= 4 is 6.08 Å². The summed E-state index contributed by atoms with van der Waals surface area (Å²) in [6, 6.07) is 16.5. The number of halogens is 1. The van der Waals surface area contributed by atoms with Crippen molar-refractivity contribution in [3.05, 3.63) is 78.0 Å². The first-order valence-corrected chi connectivity index (χ1v) is 8.68. The highest BCUT2D eigenvalue weighted by Crippen LogP contribution is 2.26. The number of rotatable bonds is 8. The molecule has 0 amide bonds. The van der Waals surface area contributed by atoms with Crippen LogP contribution in [0.5, 0.6) is 11.9 Å². The predicted molar refractivity (Wildman–Crippen MR) is 105 cm³/mol. The van der Waals surface area contributed by atoms with Gasteiger partial charge in [0.2, 0.25) is 5.88 Å². The highest BCUT2D eigenvalue weighted by atomic mass is 19.1. The average molecular weight is 364 g/mol. The first-order chi connectivity index (χ1) is 13.2. The Balaban J connectivity index is 1.78. The van der Waals surface area contributed by atoms with E-state index in [0.29, 0.717) is 12.2 Å². The Hall–Kier alpha value is -3.21. The number of alkyl halides is 1.